The largest absolute Gasteiger partial charge is 0.386 e. The van der Waals surface area contributed by atoms with Gasteiger partial charge in [0.1, 0.15) is 5.82 Å². The van der Waals surface area contributed by atoms with E-state index in [0.717, 1.165) is 4.47 Å². The summed E-state index contributed by atoms with van der Waals surface area (Å²) in [5.74, 6) is 0.129. The van der Waals surface area contributed by atoms with E-state index >= 15 is 0 Å². The monoisotopic (exact) mass is 415 g/mol. The lowest BCUT2D eigenvalue weighted by Crippen LogP contribution is -2.18. The molecule has 3 rings (SSSR count). The first kappa shape index (κ1) is 18.1. The van der Waals surface area contributed by atoms with Gasteiger partial charge in [0.25, 0.3) is 5.91 Å². The number of aliphatic hydroxyl groups excluding tert-OH is 1. The van der Waals surface area contributed by atoms with E-state index in [9.17, 15) is 9.90 Å². The van der Waals surface area contributed by atoms with Crippen LogP contribution in [0.3, 0.4) is 0 Å². The molecule has 0 radical (unpaired) electrons. The van der Waals surface area contributed by atoms with Crippen molar-refractivity contribution in [1.29, 1.82) is 0 Å². The van der Waals surface area contributed by atoms with Gasteiger partial charge < -0.3 is 15.7 Å². The second-order valence-electron chi connectivity index (χ2n) is 5.70. The van der Waals surface area contributed by atoms with Crippen LogP contribution >= 0.6 is 15.9 Å². The zero-order valence-corrected chi connectivity index (χ0v) is 15.6. The maximum absolute atomic E-state index is 12.6. The first-order valence-electron chi connectivity index (χ1n) is 7.95. The molecule has 1 atom stereocenters. The van der Waals surface area contributed by atoms with Crippen molar-refractivity contribution in [3.8, 4) is 0 Å². The molecule has 3 N–H and O–H groups in total. The minimum Gasteiger partial charge on any atom is -0.386 e. The minimum absolute atomic E-state index is 0.210. The molecule has 7 nitrogen and oxygen atoms in total. The molecular formula is C18H18BrN5O2. The third-order valence-corrected chi connectivity index (χ3v) is 4.26. The SMILES string of the molecule is Cn1cc(C(O)CNc2ncccc2C(=O)Nc2ccc(Br)cc2)cn1. The lowest BCUT2D eigenvalue weighted by Gasteiger charge is -2.14. The van der Waals surface area contributed by atoms with Crippen LogP contribution in [0, 0.1) is 0 Å². The zero-order valence-electron chi connectivity index (χ0n) is 14.1. The molecule has 0 fully saturated rings. The number of rotatable bonds is 6. The molecule has 0 bridgehead atoms. The van der Waals surface area contributed by atoms with Crippen molar-refractivity contribution in [2.75, 3.05) is 17.2 Å². The average molecular weight is 416 g/mol. The molecule has 2 heterocycles. The Hall–Kier alpha value is -2.71. The van der Waals surface area contributed by atoms with E-state index in [-0.39, 0.29) is 12.5 Å². The van der Waals surface area contributed by atoms with Crippen molar-refractivity contribution in [2.24, 2.45) is 7.05 Å². The molecule has 3 aromatic rings. The number of carbonyl (C=O) groups is 1. The lowest BCUT2D eigenvalue weighted by molar-refractivity contribution is 0.102. The van der Waals surface area contributed by atoms with Crippen molar-refractivity contribution in [3.63, 3.8) is 0 Å². The van der Waals surface area contributed by atoms with E-state index in [1.54, 1.807) is 54.6 Å². The number of hydrogen-bond donors (Lipinski definition) is 3. The van der Waals surface area contributed by atoms with E-state index < -0.39 is 6.10 Å². The number of amides is 1. The first-order chi connectivity index (χ1) is 12.5. The Bertz CT molecular complexity index is 895. The number of carbonyl (C=O) groups excluding carboxylic acids is 1. The molecule has 0 saturated carbocycles. The second-order valence-corrected chi connectivity index (χ2v) is 6.62. The summed E-state index contributed by atoms with van der Waals surface area (Å²) in [7, 11) is 1.78. The fourth-order valence-corrected chi connectivity index (χ4v) is 2.65. The predicted molar refractivity (Wildman–Crippen MR) is 103 cm³/mol. The molecule has 1 unspecified atom stereocenters. The minimum atomic E-state index is -0.756. The third-order valence-electron chi connectivity index (χ3n) is 3.73. The Kier molecular flexibility index (Phi) is 5.65. The molecule has 1 amide bonds. The van der Waals surface area contributed by atoms with E-state index in [4.69, 9.17) is 0 Å². The quantitative estimate of drug-likeness (QED) is 0.575. The van der Waals surface area contributed by atoms with Crippen LogP contribution in [-0.2, 0) is 7.05 Å². The number of aliphatic hydroxyl groups is 1. The molecule has 0 aliphatic carbocycles. The van der Waals surface area contributed by atoms with Gasteiger partial charge in [-0.25, -0.2) is 4.98 Å². The van der Waals surface area contributed by atoms with Crippen molar-refractivity contribution in [2.45, 2.75) is 6.10 Å². The normalized spacial score (nSPS) is 11.8. The van der Waals surface area contributed by atoms with Crippen LogP contribution in [0.25, 0.3) is 0 Å². The Balaban J connectivity index is 1.69. The van der Waals surface area contributed by atoms with Crippen LogP contribution in [0.1, 0.15) is 22.0 Å². The number of aromatic nitrogens is 3. The fourth-order valence-electron chi connectivity index (χ4n) is 2.38. The van der Waals surface area contributed by atoms with Crippen molar-refractivity contribution in [1.82, 2.24) is 14.8 Å². The Morgan fingerprint density at radius 2 is 2.08 bits per heavy atom. The molecule has 0 spiro atoms. The molecule has 0 aliphatic heterocycles. The van der Waals surface area contributed by atoms with Crippen molar-refractivity contribution < 1.29 is 9.90 Å². The topological polar surface area (TPSA) is 92.1 Å². The third kappa shape index (κ3) is 4.47. The number of nitrogens with one attached hydrogen (secondary N) is 2. The number of aryl methyl sites for hydroxylation is 1. The van der Waals surface area contributed by atoms with Crippen LogP contribution in [0.2, 0.25) is 0 Å². The second kappa shape index (κ2) is 8.11. The van der Waals surface area contributed by atoms with Gasteiger partial charge in [-0.2, -0.15) is 5.10 Å². The van der Waals surface area contributed by atoms with Gasteiger partial charge in [-0.1, -0.05) is 15.9 Å². The van der Waals surface area contributed by atoms with Gasteiger partial charge in [0.15, 0.2) is 0 Å². The number of anilines is 2. The van der Waals surface area contributed by atoms with Crippen LogP contribution < -0.4 is 10.6 Å². The van der Waals surface area contributed by atoms with E-state index in [1.165, 1.54) is 0 Å². The van der Waals surface area contributed by atoms with Crippen LogP contribution in [-0.4, -0.2) is 32.3 Å². The van der Waals surface area contributed by atoms with Crippen LogP contribution in [0.15, 0.2) is 59.5 Å². The van der Waals surface area contributed by atoms with E-state index in [2.05, 4.69) is 36.6 Å². The average Bonchev–Trinajstić information content (AvgIpc) is 3.08. The highest BCUT2D eigenvalue weighted by Gasteiger charge is 2.15. The number of halogens is 1. The summed E-state index contributed by atoms with van der Waals surface area (Å²) in [6.45, 7) is 0.210. The predicted octanol–water partition coefficient (Wildman–Crippen LogP) is 2.98. The van der Waals surface area contributed by atoms with Gasteiger partial charge in [0, 0.05) is 41.7 Å². The molecule has 2 aromatic heterocycles. The summed E-state index contributed by atoms with van der Waals surface area (Å²) in [5, 5.41) is 20.1. The molecule has 26 heavy (non-hydrogen) atoms. The van der Waals surface area contributed by atoms with Gasteiger partial charge in [-0.15, -0.1) is 0 Å². The highest BCUT2D eigenvalue weighted by Crippen LogP contribution is 2.19. The maximum Gasteiger partial charge on any atom is 0.259 e. The summed E-state index contributed by atoms with van der Waals surface area (Å²) in [5.41, 5.74) is 1.77. The summed E-state index contributed by atoms with van der Waals surface area (Å²) in [6.07, 6.45) is 4.18. The smallest absolute Gasteiger partial charge is 0.259 e. The Morgan fingerprint density at radius 3 is 2.77 bits per heavy atom. The summed E-state index contributed by atoms with van der Waals surface area (Å²) >= 11 is 3.36. The van der Waals surface area contributed by atoms with Gasteiger partial charge in [-0.05, 0) is 36.4 Å². The van der Waals surface area contributed by atoms with Gasteiger partial charge >= 0.3 is 0 Å². The molecule has 8 heteroatoms. The molecular weight excluding hydrogens is 398 g/mol. The standard InChI is InChI=1S/C18H18BrN5O2/c1-24-11-12(9-22-24)16(25)10-21-17-15(3-2-8-20-17)18(26)23-14-6-4-13(19)5-7-14/h2-9,11,16,25H,10H2,1H3,(H,20,21)(H,23,26). The molecule has 1 aromatic carbocycles. The van der Waals surface area contributed by atoms with E-state index in [1.807, 2.05) is 12.1 Å². The summed E-state index contributed by atoms with van der Waals surface area (Å²) in [6, 6.07) is 10.7. The number of benzene rings is 1. The van der Waals surface area contributed by atoms with Crippen molar-refractivity contribution >= 4 is 33.3 Å². The Labute approximate surface area is 159 Å². The molecule has 134 valence electrons. The van der Waals surface area contributed by atoms with Gasteiger partial charge in [0.2, 0.25) is 0 Å². The molecule has 0 aliphatic rings. The van der Waals surface area contributed by atoms with Crippen LogP contribution in [0.4, 0.5) is 11.5 Å². The Morgan fingerprint density at radius 1 is 1.31 bits per heavy atom. The first-order valence-corrected chi connectivity index (χ1v) is 8.74. The van der Waals surface area contributed by atoms with Gasteiger partial charge in [0.05, 0.1) is 17.9 Å². The number of hydrogen-bond acceptors (Lipinski definition) is 5. The number of nitrogens with zero attached hydrogens (tertiary/aromatic N) is 3. The number of pyridine rings is 1. The summed E-state index contributed by atoms with van der Waals surface area (Å²) < 4.78 is 2.56. The molecule has 0 saturated heterocycles. The van der Waals surface area contributed by atoms with E-state index in [0.29, 0.717) is 22.6 Å². The summed E-state index contributed by atoms with van der Waals surface area (Å²) in [4.78, 5) is 16.8. The van der Waals surface area contributed by atoms with Crippen LogP contribution in [0.5, 0.6) is 0 Å². The fraction of sp³-hybridized carbons (Fsp3) is 0.167. The maximum atomic E-state index is 12.6. The lowest BCUT2D eigenvalue weighted by atomic mass is 10.2. The highest BCUT2D eigenvalue weighted by molar-refractivity contribution is 9.10. The highest BCUT2D eigenvalue weighted by atomic mass is 79.9. The van der Waals surface area contributed by atoms with Crippen molar-refractivity contribution in [3.05, 3.63) is 70.6 Å². The van der Waals surface area contributed by atoms with Gasteiger partial charge in [-0.3, -0.25) is 9.48 Å². The zero-order chi connectivity index (χ0) is 18.5.